The Kier molecular flexibility index (Phi) is 5.64. The molecule has 1 aliphatic carbocycles. The maximum atomic E-state index is 13.0. The Bertz CT molecular complexity index is 730. The lowest BCUT2D eigenvalue weighted by molar-refractivity contribution is -0.139. The molecule has 6 nitrogen and oxygen atoms in total. The lowest BCUT2D eigenvalue weighted by Gasteiger charge is -2.45. The van der Waals surface area contributed by atoms with Gasteiger partial charge >= 0.3 is 0 Å². The highest BCUT2D eigenvalue weighted by molar-refractivity contribution is 5.78. The third-order valence-electron chi connectivity index (χ3n) is 7.23. The summed E-state index contributed by atoms with van der Waals surface area (Å²) in [6, 6.07) is 6.75. The zero-order valence-corrected chi connectivity index (χ0v) is 17.4. The van der Waals surface area contributed by atoms with E-state index in [0.29, 0.717) is 25.3 Å². The fourth-order valence-corrected chi connectivity index (χ4v) is 5.62. The summed E-state index contributed by atoms with van der Waals surface area (Å²) in [6.07, 6.45) is 7.72. The number of nitrogens with zero attached hydrogens (tertiary/aromatic N) is 3. The zero-order chi connectivity index (χ0) is 19.6. The maximum absolute atomic E-state index is 13.0. The molecule has 0 N–H and O–H groups in total. The van der Waals surface area contributed by atoms with E-state index in [9.17, 15) is 4.79 Å². The van der Waals surface area contributed by atoms with Crippen LogP contribution in [0.3, 0.4) is 0 Å². The third-order valence-corrected chi connectivity index (χ3v) is 7.23. The van der Waals surface area contributed by atoms with Crippen molar-refractivity contribution in [2.75, 3.05) is 46.1 Å². The molecule has 1 saturated carbocycles. The van der Waals surface area contributed by atoms with Crippen molar-refractivity contribution in [1.82, 2.24) is 14.7 Å². The number of piperazine rings is 1. The van der Waals surface area contributed by atoms with Gasteiger partial charge in [-0.05, 0) is 49.3 Å². The van der Waals surface area contributed by atoms with Crippen LogP contribution in [-0.4, -0.2) is 72.7 Å². The maximum Gasteiger partial charge on any atom is 0.237 e. The fraction of sp³-hybridized carbons (Fsp3) is 0.696. The quantitative estimate of drug-likeness (QED) is 0.779. The third kappa shape index (κ3) is 4.24. The molecule has 6 heteroatoms. The minimum atomic E-state index is 0.324. The van der Waals surface area contributed by atoms with Crippen molar-refractivity contribution in [3.8, 4) is 11.5 Å². The summed E-state index contributed by atoms with van der Waals surface area (Å²) in [4.78, 5) is 20.1. The molecule has 2 saturated heterocycles. The SMILES string of the molecule is O=C(CN1CCN(Cc2ccc3c(c2)OCO3)CC1)N1CCCC2CCCCC21. The van der Waals surface area contributed by atoms with Gasteiger partial charge in [0.15, 0.2) is 11.5 Å². The standard InChI is InChI=1S/C23H33N3O3/c27-23(26-9-3-5-19-4-1-2-6-20(19)26)16-25-12-10-24(11-13-25)15-18-7-8-21-22(14-18)29-17-28-21/h7-8,14,19-20H,1-6,9-13,15-17H2. The van der Waals surface area contributed by atoms with Crippen LogP contribution in [-0.2, 0) is 11.3 Å². The monoisotopic (exact) mass is 399 g/mol. The molecule has 0 radical (unpaired) electrons. The summed E-state index contributed by atoms with van der Waals surface area (Å²) < 4.78 is 10.9. The van der Waals surface area contributed by atoms with E-state index in [1.807, 2.05) is 6.07 Å². The molecule has 5 rings (SSSR count). The molecular formula is C23H33N3O3. The number of fused-ring (bicyclic) bond motifs is 2. The minimum Gasteiger partial charge on any atom is -0.454 e. The van der Waals surface area contributed by atoms with Gasteiger partial charge in [0.25, 0.3) is 0 Å². The van der Waals surface area contributed by atoms with Gasteiger partial charge in [0.05, 0.1) is 6.54 Å². The highest BCUT2D eigenvalue weighted by atomic mass is 16.7. The first kappa shape index (κ1) is 19.2. The number of piperidine rings is 1. The van der Waals surface area contributed by atoms with E-state index in [1.165, 1.54) is 44.1 Å². The van der Waals surface area contributed by atoms with Crippen molar-refractivity contribution in [2.45, 2.75) is 51.1 Å². The van der Waals surface area contributed by atoms with Crippen LogP contribution in [0.2, 0.25) is 0 Å². The molecule has 158 valence electrons. The molecule has 3 fully saturated rings. The molecule has 0 spiro atoms. The van der Waals surface area contributed by atoms with E-state index in [2.05, 4.69) is 26.8 Å². The van der Waals surface area contributed by atoms with Gasteiger partial charge in [0, 0.05) is 45.3 Å². The van der Waals surface area contributed by atoms with Crippen LogP contribution in [0.5, 0.6) is 11.5 Å². The first-order chi connectivity index (χ1) is 14.3. The second-order valence-electron chi connectivity index (χ2n) is 9.08. The van der Waals surface area contributed by atoms with Crippen LogP contribution in [0.25, 0.3) is 0 Å². The average Bonchev–Trinajstić information content (AvgIpc) is 3.22. The van der Waals surface area contributed by atoms with Crippen LogP contribution in [0.1, 0.15) is 44.1 Å². The summed E-state index contributed by atoms with van der Waals surface area (Å²) in [6.45, 7) is 6.78. The predicted octanol–water partition coefficient (Wildman–Crippen LogP) is 2.71. The molecule has 1 amide bonds. The molecule has 1 aromatic rings. The molecule has 3 heterocycles. The number of ether oxygens (including phenoxy) is 2. The van der Waals surface area contributed by atoms with Gasteiger partial charge in [-0.1, -0.05) is 18.9 Å². The molecule has 3 aliphatic heterocycles. The van der Waals surface area contributed by atoms with Crippen molar-refractivity contribution < 1.29 is 14.3 Å². The highest BCUT2D eigenvalue weighted by Gasteiger charge is 2.36. The van der Waals surface area contributed by atoms with E-state index < -0.39 is 0 Å². The van der Waals surface area contributed by atoms with Crippen LogP contribution in [0.15, 0.2) is 18.2 Å². The van der Waals surface area contributed by atoms with Gasteiger partial charge in [0.1, 0.15) is 0 Å². The fourth-order valence-electron chi connectivity index (χ4n) is 5.62. The second kappa shape index (κ2) is 8.52. The Morgan fingerprint density at radius 2 is 1.66 bits per heavy atom. The smallest absolute Gasteiger partial charge is 0.237 e. The molecule has 0 aromatic heterocycles. The van der Waals surface area contributed by atoms with Crippen LogP contribution >= 0.6 is 0 Å². The summed E-state index contributed by atoms with van der Waals surface area (Å²) >= 11 is 0. The zero-order valence-electron chi connectivity index (χ0n) is 17.4. The molecule has 2 atom stereocenters. The molecule has 4 aliphatic rings. The number of likely N-dealkylation sites (tertiary alicyclic amines) is 1. The van der Waals surface area contributed by atoms with Gasteiger partial charge in [-0.15, -0.1) is 0 Å². The van der Waals surface area contributed by atoms with E-state index in [4.69, 9.17) is 9.47 Å². The first-order valence-corrected chi connectivity index (χ1v) is 11.4. The van der Waals surface area contributed by atoms with Crippen molar-refractivity contribution in [3.63, 3.8) is 0 Å². The predicted molar refractivity (Wildman–Crippen MR) is 111 cm³/mol. The van der Waals surface area contributed by atoms with Crippen LogP contribution in [0, 0.1) is 5.92 Å². The topological polar surface area (TPSA) is 45.3 Å². The first-order valence-electron chi connectivity index (χ1n) is 11.4. The second-order valence-corrected chi connectivity index (χ2v) is 9.08. The van der Waals surface area contributed by atoms with E-state index in [-0.39, 0.29) is 0 Å². The Morgan fingerprint density at radius 1 is 0.897 bits per heavy atom. The molecule has 1 aromatic carbocycles. The number of carbonyl (C=O) groups is 1. The molecular weight excluding hydrogens is 366 g/mol. The summed E-state index contributed by atoms with van der Waals surface area (Å²) in [5.41, 5.74) is 1.26. The highest BCUT2D eigenvalue weighted by Crippen LogP contribution is 2.35. The molecule has 2 unspecified atom stereocenters. The number of rotatable bonds is 4. The Labute approximate surface area is 173 Å². The van der Waals surface area contributed by atoms with E-state index >= 15 is 0 Å². The lowest BCUT2D eigenvalue weighted by atomic mass is 9.78. The Hall–Kier alpha value is -1.79. The van der Waals surface area contributed by atoms with Crippen molar-refractivity contribution >= 4 is 5.91 Å². The van der Waals surface area contributed by atoms with E-state index in [0.717, 1.165) is 56.7 Å². The van der Waals surface area contributed by atoms with Gasteiger partial charge in [-0.3, -0.25) is 14.6 Å². The number of amides is 1. The largest absolute Gasteiger partial charge is 0.454 e. The van der Waals surface area contributed by atoms with Gasteiger partial charge in [-0.25, -0.2) is 0 Å². The lowest BCUT2D eigenvalue weighted by Crippen LogP contribution is -2.54. The summed E-state index contributed by atoms with van der Waals surface area (Å²) in [5.74, 6) is 2.83. The van der Waals surface area contributed by atoms with Gasteiger partial charge < -0.3 is 14.4 Å². The Balaban J connectivity index is 1.11. The number of benzene rings is 1. The van der Waals surface area contributed by atoms with Crippen LogP contribution < -0.4 is 9.47 Å². The van der Waals surface area contributed by atoms with Crippen molar-refractivity contribution in [1.29, 1.82) is 0 Å². The van der Waals surface area contributed by atoms with Crippen LogP contribution in [0.4, 0.5) is 0 Å². The summed E-state index contributed by atoms with van der Waals surface area (Å²) in [5, 5.41) is 0. The number of hydrogen-bond acceptors (Lipinski definition) is 5. The Morgan fingerprint density at radius 3 is 2.55 bits per heavy atom. The number of carbonyl (C=O) groups excluding carboxylic acids is 1. The molecule has 29 heavy (non-hydrogen) atoms. The van der Waals surface area contributed by atoms with Crippen molar-refractivity contribution in [3.05, 3.63) is 23.8 Å². The van der Waals surface area contributed by atoms with Gasteiger partial charge in [0.2, 0.25) is 12.7 Å². The number of hydrogen-bond donors (Lipinski definition) is 0. The van der Waals surface area contributed by atoms with E-state index in [1.54, 1.807) is 0 Å². The average molecular weight is 400 g/mol. The summed E-state index contributed by atoms with van der Waals surface area (Å²) in [7, 11) is 0. The normalized spacial score (nSPS) is 27.7. The minimum absolute atomic E-state index is 0.324. The molecule has 0 bridgehead atoms. The van der Waals surface area contributed by atoms with Crippen molar-refractivity contribution in [2.24, 2.45) is 5.92 Å². The van der Waals surface area contributed by atoms with Gasteiger partial charge in [-0.2, -0.15) is 0 Å².